The highest BCUT2D eigenvalue weighted by atomic mass is 16.5. The molecule has 0 N–H and O–H groups in total. The number of anilines is 1. The molecule has 0 unspecified atom stereocenters. The van der Waals surface area contributed by atoms with E-state index in [0.717, 1.165) is 11.4 Å². The fourth-order valence-corrected chi connectivity index (χ4v) is 3.68. The van der Waals surface area contributed by atoms with Crippen molar-refractivity contribution in [3.05, 3.63) is 30.1 Å². The van der Waals surface area contributed by atoms with Crippen LogP contribution in [0.3, 0.4) is 0 Å². The van der Waals surface area contributed by atoms with Crippen LogP contribution < -0.4 is 19.1 Å². The van der Waals surface area contributed by atoms with Gasteiger partial charge >= 0.3 is 0 Å². The Bertz CT molecular complexity index is 1130. The third-order valence-electron chi connectivity index (χ3n) is 5.37. The van der Waals surface area contributed by atoms with E-state index in [1.165, 1.54) is 6.33 Å². The SMILES string of the molecule is COc1cc(/C=C\C(=O)N2CCN(c3ncnc4c3nnn4C)CC2)cc(OC)c1OC. The Morgan fingerprint density at radius 3 is 2.31 bits per heavy atom. The van der Waals surface area contributed by atoms with Gasteiger partial charge in [-0.05, 0) is 23.8 Å². The van der Waals surface area contributed by atoms with Gasteiger partial charge in [0.05, 0.1) is 21.3 Å². The molecule has 0 radical (unpaired) electrons. The van der Waals surface area contributed by atoms with Gasteiger partial charge in [-0.25, -0.2) is 14.6 Å². The van der Waals surface area contributed by atoms with Crippen molar-refractivity contribution in [1.82, 2.24) is 29.9 Å². The van der Waals surface area contributed by atoms with Gasteiger partial charge in [0, 0.05) is 39.3 Å². The first kappa shape index (κ1) is 21.3. The summed E-state index contributed by atoms with van der Waals surface area (Å²) in [5.41, 5.74) is 2.12. The Hall–Kier alpha value is -3.89. The summed E-state index contributed by atoms with van der Waals surface area (Å²) in [6.45, 7) is 2.44. The molecule has 11 heteroatoms. The maximum absolute atomic E-state index is 12.7. The molecule has 1 amide bonds. The highest BCUT2D eigenvalue weighted by Gasteiger charge is 2.23. The second kappa shape index (κ2) is 9.08. The average Bonchev–Trinajstić information content (AvgIpc) is 3.22. The number of aromatic nitrogens is 5. The van der Waals surface area contributed by atoms with Crippen molar-refractivity contribution in [2.24, 2.45) is 7.05 Å². The molecule has 0 spiro atoms. The lowest BCUT2D eigenvalue weighted by molar-refractivity contribution is -0.126. The molecule has 1 aliphatic heterocycles. The van der Waals surface area contributed by atoms with Gasteiger partial charge in [-0.1, -0.05) is 5.21 Å². The van der Waals surface area contributed by atoms with Crippen LogP contribution in [0, 0.1) is 0 Å². The van der Waals surface area contributed by atoms with Crippen LogP contribution >= 0.6 is 0 Å². The molecule has 1 aliphatic rings. The topological polar surface area (TPSA) is 108 Å². The highest BCUT2D eigenvalue weighted by Crippen LogP contribution is 2.38. The van der Waals surface area contributed by atoms with Crippen molar-refractivity contribution in [2.75, 3.05) is 52.4 Å². The van der Waals surface area contributed by atoms with Crippen LogP contribution in [0.15, 0.2) is 24.5 Å². The standard InChI is InChI=1S/C21H25N7O4/c1-26-20-18(24-25-26)21(23-13-22-20)28-9-7-27(8-10-28)17(29)6-5-14-11-15(30-2)19(32-4)16(12-14)31-3/h5-6,11-13H,7-10H2,1-4H3/b6-5-. The summed E-state index contributed by atoms with van der Waals surface area (Å²) in [4.78, 5) is 25.3. The molecule has 1 saturated heterocycles. The van der Waals surface area contributed by atoms with Gasteiger partial charge in [0.15, 0.2) is 28.5 Å². The summed E-state index contributed by atoms with van der Waals surface area (Å²) in [7, 11) is 6.46. The maximum atomic E-state index is 12.7. The first-order valence-corrected chi connectivity index (χ1v) is 10.1. The van der Waals surface area contributed by atoms with Crippen molar-refractivity contribution in [1.29, 1.82) is 0 Å². The Kier molecular flexibility index (Phi) is 6.06. The van der Waals surface area contributed by atoms with Crippen LogP contribution in [0.25, 0.3) is 17.2 Å². The lowest BCUT2D eigenvalue weighted by atomic mass is 10.1. The minimum Gasteiger partial charge on any atom is -0.493 e. The van der Waals surface area contributed by atoms with Crippen LogP contribution in [-0.2, 0) is 11.8 Å². The molecule has 0 bridgehead atoms. The number of methoxy groups -OCH3 is 3. The number of nitrogens with zero attached hydrogens (tertiary/aromatic N) is 7. The molecule has 32 heavy (non-hydrogen) atoms. The summed E-state index contributed by atoms with van der Waals surface area (Å²) < 4.78 is 17.7. The average molecular weight is 439 g/mol. The van der Waals surface area contributed by atoms with Gasteiger partial charge in [-0.2, -0.15) is 0 Å². The zero-order valence-corrected chi connectivity index (χ0v) is 18.5. The Balaban J connectivity index is 1.43. The van der Waals surface area contributed by atoms with Gasteiger partial charge in [0.1, 0.15) is 6.33 Å². The molecular formula is C21H25N7O4. The number of hydrogen-bond acceptors (Lipinski definition) is 9. The molecule has 1 fully saturated rings. The van der Waals surface area contributed by atoms with Crippen LogP contribution in [0.1, 0.15) is 5.56 Å². The van der Waals surface area contributed by atoms with Crippen molar-refractivity contribution < 1.29 is 19.0 Å². The van der Waals surface area contributed by atoms with Gasteiger partial charge in [0.2, 0.25) is 11.7 Å². The largest absolute Gasteiger partial charge is 0.493 e. The van der Waals surface area contributed by atoms with E-state index in [4.69, 9.17) is 14.2 Å². The molecule has 0 atom stereocenters. The number of ether oxygens (including phenoxy) is 3. The van der Waals surface area contributed by atoms with Gasteiger partial charge < -0.3 is 24.0 Å². The summed E-state index contributed by atoms with van der Waals surface area (Å²) in [5, 5.41) is 8.20. The van der Waals surface area contributed by atoms with Crippen LogP contribution in [0.2, 0.25) is 0 Å². The van der Waals surface area contributed by atoms with E-state index in [9.17, 15) is 4.79 Å². The maximum Gasteiger partial charge on any atom is 0.246 e. The van der Waals surface area contributed by atoms with Crippen LogP contribution in [-0.4, -0.2) is 83.3 Å². The number of rotatable bonds is 6. The number of amides is 1. The molecule has 2 aromatic heterocycles. The Morgan fingerprint density at radius 1 is 1.00 bits per heavy atom. The number of carbonyl (C=O) groups excluding carboxylic acids is 1. The first-order chi connectivity index (χ1) is 15.5. The predicted octanol–water partition coefficient (Wildman–Crippen LogP) is 1.15. The van der Waals surface area contributed by atoms with Gasteiger partial charge in [0.25, 0.3) is 0 Å². The van der Waals surface area contributed by atoms with Gasteiger partial charge in [-0.3, -0.25) is 4.79 Å². The molecule has 11 nitrogen and oxygen atoms in total. The molecule has 168 valence electrons. The molecule has 1 aromatic carbocycles. The summed E-state index contributed by atoms with van der Waals surface area (Å²) in [6, 6.07) is 3.59. The molecule has 3 aromatic rings. The lowest BCUT2D eigenvalue weighted by Crippen LogP contribution is -2.48. The van der Waals surface area contributed by atoms with E-state index in [0.29, 0.717) is 54.6 Å². The molecule has 0 aliphatic carbocycles. The molecule has 4 rings (SSSR count). The zero-order chi connectivity index (χ0) is 22.7. The fourth-order valence-electron chi connectivity index (χ4n) is 3.68. The molecular weight excluding hydrogens is 414 g/mol. The number of carbonyl (C=O) groups is 1. The minimum absolute atomic E-state index is 0.0641. The molecule has 0 saturated carbocycles. The van der Waals surface area contributed by atoms with E-state index >= 15 is 0 Å². The smallest absolute Gasteiger partial charge is 0.246 e. The summed E-state index contributed by atoms with van der Waals surface area (Å²) in [6.07, 6.45) is 4.81. The number of hydrogen-bond donors (Lipinski definition) is 0. The van der Waals surface area contributed by atoms with E-state index in [1.54, 1.807) is 62.2 Å². The van der Waals surface area contributed by atoms with E-state index in [-0.39, 0.29) is 5.91 Å². The molecule has 3 heterocycles. The fraction of sp³-hybridized carbons (Fsp3) is 0.381. The van der Waals surface area contributed by atoms with Crippen molar-refractivity contribution in [3.63, 3.8) is 0 Å². The van der Waals surface area contributed by atoms with Gasteiger partial charge in [-0.15, -0.1) is 5.10 Å². The normalized spacial score (nSPS) is 14.2. The summed E-state index contributed by atoms with van der Waals surface area (Å²) >= 11 is 0. The van der Waals surface area contributed by atoms with Crippen molar-refractivity contribution in [3.8, 4) is 17.2 Å². The number of benzene rings is 1. The quantitative estimate of drug-likeness (QED) is 0.523. The Labute approximate surface area is 185 Å². The number of fused-ring (bicyclic) bond motifs is 1. The van der Waals surface area contributed by atoms with Crippen molar-refractivity contribution in [2.45, 2.75) is 0 Å². The monoisotopic (exact) mass is 439 g/mol. The zero-order valence-electron chi connectivity index (χ0n) is 18.5. The third-order valence-corrected chi connectivity index (χ3v) is 5.37. The number of aryl methyl sites for hydroxylation is 1. The first-order valence-electron chi connectivity index (χ1n) is 10.1. The second-order valence-corrected chi connectivity index (χ2v) is 7.19. The number of piperazine rings is 1. The second-order valence-electron chi connectivity index (χ2n) is 7.19. The van der Waals surface area contributed by atoms with Crippen LogP contribution in [0.5, 0.6) is 17.2 Å². The Morgan fingerprint density at radius 2 is 1.69 bits per heavy atom. The minimum atomic E-state index is -0.0641. The van der Waals surface area contributed by atoms with E-state index < -0.39 is 0 Å². The third kappa shape index (κ3) is 4.01. The van der Waals surface area contributed by atoms with Crippen LogP contribution in [0.4, 0.5) is 5.82 Å². The van der Waals surface area contributed by atoms with E-state index in [1.807, 2.05) is 0 Å². The van der Waals surface area contributed by atoms with E-state index in [2.05, 4.69) is 25.2 Å². The predicted molar refractivity (Wildman–Crippen MR) is 118 cm³/mol. The summed E-state index contributed by atoms with van der Waals surface area (Å²) in [5.74, 6) is 2.26. The lowest BCUT2D eigenvalue weighted by Gasteiger charge is -2.34. The van der Waals surface area contributed by atoms with Crippen molar-refractivity contribution >= 4 is 29.0 Å². The highest BCUT2D eigenvalue weighted by molar-refractivity contribution is 5.92.